The Labute approximate surface area is 140 Å². The second kappa shape index (κ2) is 7.74. The lowest BCUT2D eigenvalue weighted by Crippen LogP contribution is -2.30. The fraction of sp³-hybridized carbons (Fsp3) is 0.353. The van der Waals surface area contributed by atoms with Gasteiger partial charge in [-0.05, 0) is 18.4 Å². The lowest BCUT2D eigenvalue weighted by molar-refractivity contribution is -0.128. The summed E-state index contributed by atoms with van der Waals surface area (Å²) in [6, 6.07) is 11.6. The zero-order valence-corrected chi connectivity index (χ0v) is 13.2. The maximum atomic E-state index is 11.1. The van der Waals surface area contributed by atoms with E-state index in [4.69, 9.17) is 15.2 Å². The van der Waals surface area contributed by atoms with Gasteiger partial charge in [-0.2, -0.15) is 4.98 Å². The third kappa shape index (κ3) is 4.42. The van der Waals surface area contributed by atoms with Crippen molar-refractivity contribution in [2.24, 2.45) is 5.73 Å². The van der Waals surface area contributed by atoms with Crippen LogP contribution in [0.3, 0.4) is 0 Å². The van der Waals surface area contributed by atoms with Crippen LogP contribution in [0.2, 0.25) is 0 Å². The minimum absolute atomic E-state index is 0.0695. The van der Waals surface area contributed by atoms with Crippen LogP contribution < -0.4 is 15.8 Å². The van der Waals surface area contributed by atoms with Gasteiger partial charge >= 0.3 is 0 Å². The number of anilines is 1. The molecule has 3 N–H and O–H groups in total. The van der Waals surface area contributed by atoms with Crippen LogP contribution in [0.15, 0.2) is 42.6 Å². The number of hydrogen-bond acceptors (Lipinski definition) is 6. The number of hydrogen-bond donors (Lipinski definition) is 2. The van der Waals surface area contributed by atoms with Crippen molar-refractivity contribution in [3.8, 4) is 5.88 Å². The molecule has 1 fully saturated rings. The molecule has 1 aromatic carbocycles. The monoisotopic (exact) mass is 328 g/mol. The summed E-state index contributed by atoms with van der Waals surface area (Å²) in [4.78, 5) is 19.6. The number of amides is 1. The van der Waals surface area contributed by atoms with Gasteiger partial charge in [0.05, 0.1) is 6.10 Å². The Morgan fingerprint density at radius 3 is 2.88 bits per heavy atom. The van der Waals surface area contributed by atoms with Crippen molar-refractivity contribution in [1.82, 2.24) is 9.97 Å². The van der Waals surface area contributed by atoms with Crippen molar-refractivity contribution < 1.29 is 14.3 Å². The largest absolute Gasteiger partial charge is 0.473 e. The van der Waals surface area contributed by atoms with Gasteiger partial charge in [0, 0.05) is 18.8 Å². The molecule has 2 aromatic rings. The van der Waals surface area contributed by atoms with Gasteiger partial charge in [-0.1, -0.05) is 30.3 Å². The van der Waals surface area contributed by atoms with Crippen LogP contribution in [0.25, 0.3) is 0 Å². The third-order valence-electron chi connectivity index (χ3n) is 3.77. The van der Waals surface area contributed by atoms with Crippen molar-refractivity contribution in [3.05, 3.63) is 48.2 Å². The maximum absolute atomic E-state index is 11.1. The first-order valence-electron chi connectivity index (χ1n) is 7.89. The van der Waals surface area contributed by atoms with Gasteiger partial charge < -0.3 is 20.5 Å². The highest BCUT2D eigenvalue weighted by Crippen LogP contribution is 2.20. The summed E-state index contributed by atoms with van der Waals surface area (Å²) >= 11 is 0. The molecule has 1 aromatic heterocycles. The molecule has 3 rings (SSSR count). The standard InChI is InChI=1S/C17H20N4O3/c18-16(22)14-7-6-13(24-14)10-20-17-19-9-8-15(21-17)23-11-12-4-2-1-3-5-12/h1-5,8-9,13-14H,6-7,10-11H2,(H2,18,22)(H,19,20,21)/t13-,14-/m0/s1. The smallest absolute Gasteiger partial charge is 0.246 e. The van der Waals surface area contributed by atoms with E-state index in [1.54, 1.807) is 12.3 Å². The van der Waals surface area contributed by atoms with Gasteiger partial charge in [-0.15, -0.1) is 0 Å². The number of carbonyl (C=O) groups is 1. The van der Waals surface area contributed by atoms with E-state index < -0.39 is 12.0 Å². The van der Waals surface area contributed by atoms with Crippen molar-refractivity contribution >= 4 is 11.9 Å². The zero-order valence-electron chi connectivity index (χ0n) is 13.2. The summed E-state index contributed by atoms with van der Waals surface area (Å²) < 4.78 is 11.2. The fourth-order valence-corrected chi connectivity index (χ4v) is 2.51. The van der Waals surface area contributed by atoms with E-state index in [1.807, 2.05) is 30.3 Å². The highest BCUT2D eigenvalue weighted by molar-refractivity contribution is 5.79. The molecule has 126 valence electrons. The number of rotatable bonds is 7. The van der Waals surface area contributed by atoms with E-state index in [0.29, 0.717) is 31.4 Å². The SMILES string of the molecule is NC(=O)[C@@H]1CC[C@@H](CNc2nccc(OCc3ccccc3)n2)O1. The molecule has 2 heterocycles. The fourth-order valence-electron chi connectivity index (χ4n) is 2.51. The quantitative estimate of drug-likeness (QED) is 0.799. The summed E-state index contributed by atoms with van der Waals surface area (Å²) in [6.07, 6.45) is 2.52. The number of primary amides is 1. The summed E-state index contributed by atoms with van der Waals surface area (Å²) in [5.41, 5.74) is 6.31. The van der Waals surface area contributed by atoms with Crippen LogP contribution in [-0.4, -0.2) is 34.6 Å². The lowest BCUT2D eigenvalue weighted by atomic mass is 10.2. The number of nitrogens with two attached hydrogens (primary N) is 1. The predicted octanol–water partition coefficient (Wildman–Crippen LogP) is 1.50. The Kier molecular flexibility index (Phi) is 5.22. The minimum atomic E-state index is -0.488. The van der Waals surface area contributed by atoms with Crippen molar-refractivity contribution in [1.29, 1.82) is 0 Å². The van der Waals surface area contributed by atoms with E-state index in [9.17, 15) is 4.79 Å². The van der Waals surface area contributed by atoms with Crippen molar-refractivity contribution in [2.75, 3.05) is 11.9 Å². The van der Waals surface area contributed by atoms with E-state index in [1.165, 1.54) is 0 Å². The van der Waals surface area contributed by atoms with E-state index in [2.05, 4.69) is 15.3 Å². The molecule has 0 unspecified atom stereocenters. The molecule has 0 saturated carbocycles. The summed E-state index contributed by atoms with van der Waals surface area (Å²) in [6.45, 7) is 0.967. The number of benzene rings is 1. The highest BCUT2D eigenvalue weighted by Gasteiger charge is 2.28. The molecule has 0 spiro atoms. The molecule has 7 nitrogen and oxygen atoms in total. The summed E-state index contributed by atoms with van der Waals surface area (Å²) in [5.74, 6) is 0.551. The van der Waals surface area contributed by atoms with Crippen molar-refractivity contribution in [3.63, 3.8) is 0 Å². The number of ether oxygens (including phenoxy) is 2. The van der Waals surface area contributed by atoms with Gasteiger partial charge in [0.25, 0.3) is 0 Å². The Hall–Kier alpha value is -2.67. The molecule has 0 bridgehead atoms. The van der Waals surface area contributed by atoms with Gasteiger partial charge in [0.15, 0.2) is 0 Å². The maximum Gasteiger partial charge on any atom is 0.246 e. The van der Waals surface area contributed by atoms with Crippen LogP contribution in [0.1, 0.15) is 18.4 Å². The Balaban J connectivity index is 1.49. The third-order valence-corrected chi connectivity index (χ3v) is 3.77. The molecule has 7 heteroatoms. The average molecular weight is 328 g/mol. The molecule has 1 saturated heterocycles. The summed E-state index contributed by atoms with van der Waals surface area (Å²) in [7, 11) is 0. The van der Waals surface area contributed by atoms with Crippen LogP contribution >= 0.6 is 0 Å². The van der Waals surface area contributed by atoms with Crippen LogP contribution in [0, 0.1) is 0 Å². The molecule has 1 aliphatic rings. The molecule has 2 atom stereocenters. The van der Waals surface area contributed by atoms with Crippen LogP contribution in [0.4, 0.5) is 5.95 Å². The molecular weight excluding hydrogens is 308 g/mol. The molecule has 0 aliphatic carbocycles. The average Bonchev–Trinajstić information content (AvgIpc) is 3.09. The molecular formula is C17H20N4O3. The normalized spacial score (nSPS) is 19.8. The number of nitrogens with one attached hydrogen (secondary N) is 1. The Morgan fingerprint density at radius 1 is 1.29 bits per heavy atom. The minimum Gasteiger partial charge on any atom is -0.473 e. The number of nitrogens with zero attached hydrogens (tertiary/aromatic N) is 2. The second-order valence-electron chi connectivity index (χ2n) is 5.60. The molecule has 0 radical (unpaired) electrons. The van der Waals surface area contributed by atoms with E-state index in [0.717, 1.165) is 12.0 Å². The predicted molar refractivity (Wildman–Crippen MR) is 88.4 cm³/mol. The van der Waals surface area contributed by atoms with Crippen LogP contribution in [-0.2, 0) is 16.1 Å². The lowest BCUT2D eigenvalue weighted by Gasteiger charge is -2.13. The molecule has 1 aliphatic heterocycles. The zero-order chi connectivity index (χ0) is 16.8. The first-order chi connectivity index (χ1) is 11.7. The van der Waals surface area contributed by atoms with Gasteiger partial charge in [0.2, 0.25) is 17.7 Å². The number of aromatic nitrogens is 2. The van der Waals surface area contributed by atoms with Gasteiger partial charge in [-0.25, -0.2) is 4.98 Å². The highest BCUT2D eigenvalue weighted by atomic mass is 16.5. The Bertz CT molecular complexity index is 681. The molecule has 1 amide bonds. The topological polar surface area (TPSA) is 99.4 Å². The first kappa shape index (κ1) is 16.2. The van der Waals surface area contributed by atoms with Crippen LogP contribution in [0.5, 0.6) is 5.88 Å². The number of carbonyl (C=O) groups excluding carboxylic acids is 1. The van der Waals surface area contributed by atoms with Gasteiger partial charge in [0.1, 0.15) is 12.7 Å². The van der Waals surface area contributed by atoms with E-state index in [-0.39, 0.29) is 6.10 Å². The van der Waals surface area contributed by atoms with Gasteiger partial charge in [-0.3, -0.25) is 4.79 Å². The summed E-state index contributed by atoms with van der Waals surface area (Å²) in [5, 5.41) is 3.11. The first-order valence-corrected chi connectivity index (χ1v) is 7.89. The second-order valence-corrected chi connectivity index (χ2v) is 5.60. The van der Waals surface area contributed by atoms with Crippen molar-refractivity contribution in [2.45, 2.75) is 31.7 Å². The molecule has 24 heavy (non-hydrogen) atoms. The van der Waals surface area contributed by atoms with E-state index >= 15 is 0 Å². The Morgan fingerprint density at radius 2 is 2.12 bits per heavy atom.